The van der Waals surface area contributed by atoms with Gasteiger partial charge < -0.3 is 15.2 Å². The van der Waals surface area contributed by atoms with Crippen molar-refractivity contribution in [3.8, 4) is 0 Å². The van der Waals surface area contributed by atoms with Crippen molar-refractivity contribution in [1.29, 1.82) is 0 Å². The van der Waals surface area contributed by atoms with Crippen molar-refractivity contribution in [3.05, 3.63) is 25.3 Å². The molecule has 0 aliphatic heterocycles. The number of esters is 1. The summed E-state index contributed by atoms with van der Waals surface area (Å²) in [5.74, 6) is -0.585. The Kier molecular flexibility index (Phi) is 13.1. The molecule has 0 aliphatic carbocycles. The number of ether oxygens (including phenoxy) is 1. The molecule has 0 aliphatic rings. The Morgan fingerprint density at radius 3 is 2.27 bits per heavy atom. The van der Waals surface area contributed by atoms with Gasteiger partial charge in [0.25, 0.3) is 0 Å². The largest absolute Gasteiger partial charge is 0.462 e. The maximum absolute atomic E-state index is 10.3. The Hall–Kier alpha value is -1.62. The monoisotopic (exact) mass is 215 g/mol. The molecule has 86 valence electrons. The van der Waals surface area contributed by atoms with Crippen molar-refractivity contribution >= 4 is 11.9 Å². The van der Waals surface area contributed by atoms with E-state index in [-0.39, 0.29) is 19.1 Å². The minimum atomic E-state index is -0.441. The maximum atomic E-state index is 10.3. The number of carbonyl (C=O) groups excluding carboxylic acids is 2. The molecule has 0 aromatic heterocycles. The van der Waals surface area contributed by atoms with Crippen molar-refractivity contribution in [2.45, 2.75) is 6.42 Å². The van der Waals surface area contributed by atoms with E-state index >= 15 is 0 Å². The van der Waals surface area contributed by atoms with Crippen molar-refractivity contribution in [1.82, 2.24) is 5.32 Å². The Labute approximate surface area is 89.4 Å². The Morgan fingerprint density at radius 2 is 2.00 bits per heavy atom. The fraction of sp³-hybridized carbons (Fsp3) is 0.400. The van der Waals surface area contributed by atoms with Gasteiger partial charge >= 0.3 is 5.97 Å². The number of amides is 1. The summed E-state index contributed by atoms with van der Waals surface area (Å²) in [5, 5.41) is 10.6. The van der Waals surface area contributed by atoms with E-state index in [0.717, 1.165) is 6.08 Å². The fourth-order valence-corrected chi connectivity index (χ4v) is 0.398. The topological polar surface area (TPSA) is 75.6 Å². The molecule has 0 saturated heterocycles. The van der Waals surface area contributed by atoms with E-state index in [4.69, 9.17) is 5.11 Å². The first-order chi connectivity index (χ1) is 7.12. The summed E-state index contributed by atoms with van der Waals surface area (Å²) >= 11 is 0. The molecule has 0 unspecified atom stereocenters. The van der Waals surface area contributed by atoms with Crippen LogP contribution in [0.1, 0.15) is 6.42 Å². The normalized spacial score (nSPS) is 7.87. The number of nitrogens with one attached hydrogen (secondary N) is 1. The minimum Gasteiger partial charge on any atom is -0.462 e. The van der Waals surface area contributed by atoms with Gasteiger partial charge in [-0.05, 0) is 6.08 Å². The van der Waals surface area contributed by atoms with Crippen LogP contribution in [0.3, 0.4) is 0 Å². The lowest BCUT2D eigenvalue weighted by atomic mass is 10.5. The van der Waals surface area contributed by atoms with Crippen LogP contribution in [0.4, 0.5) is 0 Å². The standard InChI is InChI=1S/C6H10O3.C4H7NO/c1-2-6(8)9-5-3-4-7;1-3-4(6)5-2/h2,7H,1,3-5H2;3H,1H2,2H3,(H,5,6). The van der Waals surface area contributed by atoms with Crippen LogP contribution in [0.2, 0.25) is 0 Å². The number of carbonyl (C=O) groups is 2. The first-order valence-electron chi connectivity index (χ1n) is 4.36. The maximum Gasteiger partial charge on any atom is 0.330 e. The van der Waals surface area contributed by atoms with Crippen LogP contribution in [-0.2, 0) is 14.3 Å². The summed E-state index contributed by atoms with van der Waals surface area (Å²) in [4.78, 5) is 20.2. The number of hydrogen-bond acceptors (Lipinski definition) is 4. The lowest BCUT2D eigenvalue weighted by Crippen LogP contribution is -2.13. The third-order valence-electron chi connectivity index (χ3n) is 1.15. The van der Waals surface area contributed by atoms with E-state index < -0.39 is 5.97 Å². The van der Waals surface area contributed by atoms with Gasteiger partial charge in [-0.3, -0.25) is 4.79 Å². The molecule has 0 spiro atoms. The number of rotatable bonds is 5. The second-order valence-electron chi connectivity index (χ2n) is 2.27. The van der Waals surface area contributed by atoms with E-state index in [1.54, 1.807) is 7.05 Å². The third kappa shape index (κ3) is 15.2. The van der Waals surface area contributed by atoms with Crippen molar-refractivity contribution in [2.75, 3.05) is 20.3 Å². The summed E-state index contributed by atoms with van der Waals surface area (Å²) in [6.45, 7) is 6.73. The van der Waals surface area contributed by atoms with Gasteiger partial charge in [0.15, 0.2) is 0 Å². The lowest BCUT2D eigenvalue weighted by molar-refractivity contribution is -0.138. The van der Waals surface area contributed by atoms with Crippen molar-refractivity contribution in [3.63, 3.8) is 0 Å². The van der Waals surface area contributed by atoms with Crippen LogP contribution >= 0.6 is 0 Å². The molecule has 0 saturated carbocycles. The highest BCUT2D eigenvalue weighted by molar-refractivity contribution is 5.86. The van der Waals surface area contributed by atoms with Crippen molar-refractivity contribution in [2.24, 2.45) is 0 Å². The molecule has 0 atom stereocenters. The van der Waals surface area contributed by atoms with Gasteiger partial charge in [0.1, 0.15) is 0 Å². The first-order valence-corrected chi connectivity index (χ1v) is 4.36. The molecular formula is C10H17NO4. The fourth-order valence-electron chi connectivity index (χ4n) is 0.398. The van der Waals surface area contributed by atoms with Crippen LogP contribution in [0, 0.1) is 0 Å². The molecular weight excluding hydrogens is 198 g/mol. The summed E-state index contributed by atoms with van der Waals surface area (Å²) < 4.78 is 4.51. The van der Waals surface area contributed by atoms with E-state index in [9.17, 15) is 9.59 Å². The highest BCUT2D eigenvalue weighted by atomic mass is 16.5. The predicted octanol–water partition coefficient (Wildman–Crippen LogP) is 0.0164. The molecule has 5 heteroatoms. The highest BCUT2D eigenvalue weighted by Crippen LogP contribution is 1.82. The van der Waals surface area contributed by atoms with E-state index in [0.29, 0.717) is 6.42 Å². The quantitative estimate of drug-likeness (QED) is 0.385. The minimum absolute atomic E-state index is 0.0461. The molecule has 0 aromatic rings. The number of aliphatic hydroxyl groups is 1. The average Bonchev–Trinajstić information content (AvgIpc) is 2.28. The van der Waals surface area contributed by atoms with Gasteiger partial charge in [-0.15, -0.1) is 0 Å². The van der Waals surface area contributed by atoms with Gasteiger partial charge in [0.2, 0.25) is 5.91 Å². The summed E-state index contributed by atoms with van der Waals surface area (Å²) in [6.07, 6.45) is 2.80. The van der Waals surface area contributed by atoms with Gasteiger partial charge in [0.05, 0.1) is 6.61 Å². The third-order valence-corrected chi connectivity index (χ3v) is 1.15. The van der Waals surface area contributed by atoms with Crippen LogP contribution in [0.5, 0.6) is 0 Å². The zero-order chi connectivity index (χ0) is 12.1. The SMILES string of the molecule is C=CC(=O)NC.C=CC(=O)OCCCO. The van der Waals surface area contributed by atoms with Gasteiger partial charge in [0, 0.05) is 26.2 Å². The lowest BCUT2D eigenvalue weighted by Gasteiger charge is -1.96. The van der Waals surface area contributed by atoms with Gasteiger partial charge in [-0.1, -0.05) is 13.2 Å². The number of likely N-dealkylation sites (N-methyl/N-ethyl adjacent to an activating group) is 1. The average molecular weight is 215 g/mol. The Balaban J connectivity index is 0. The van der Waals surface area contributed by atoms with Crippen LogP contribution in [0.25, 0.3) is 0 Å². The van der Waals surface area contributed by atoms with E-state index in [2.05, 4.69) is 23.2 Å². The summed E-state index contributed by atoms with van der Waals surface area (Å²) in [6, 6.07) is 0. The molecule has 2 N–H and O–H groups in total. The molecule has 5 nitrogen and oxygen atoms in total. The zero-order valence-corrected chi connectivity index (χ0v) is 8.86. The van der Waals surface area contributed by atoms with Crippen molar-refractivity contribution < 1.29 is 19.4 Å². The summed E-state index contributed by atoms with van der Waals surface area (Å²) in [7, 11) is 1.56. The highest BCUT2D eigenvalue weighted by Gasteiger charge is 1.91. The molecule has 0 bridgehead atoms. The molecule has 15 heavy (non-hydrogen) atoms. The first kappa shape index (κ1) is 15.8. The predicted molar refractivity (Wildman–Crippen MR) is 57.1 cm³/mol. The van der Waals surface area contributed by atoms with E-state index in [1.807, 2.05) is 0 Å². The smallest absolute Gasteiger partial charge is 0.330 e. The Bertz CT molecular complexity index is 213. The van der Waals surface area contributed by atoms with Gasteiger partial charge in [-0.2, -0.15) is 0 Å². The van der Waals surface area contributed by atoms with E-state index in [1.165, 1.54) is 6.08 Å². The second-order valence-corrected chi connectivity index (χ2v) is 2.27. The molecule has 0 aromatic carbocycles. The number of hydrogen-bond donors (Lipinski definition) is 2. The number of aliphatic hydroxyl groups excluding tert-OH is 1. The Morgan fingerprint density at radius 1 is 1.40 bits per heavy atom. The second kappa shape index (κ2) is 12.4. The molecule has 0 radical (unpaired) electrons. The van der Waals surface area contributed by atoms with Crippen LogP contribution in [0.15, 0.2) is 25.3 Å². The van der Waals surface area contributed by atoms with Crippen LogP contribution < -0.4 is 5.32 Å². The molecule has 0 fully saturated rings. The summed E-state index contributed by atoms with van der Waals surface area (Å²) in [5.41, 5.74) is 0. The van der Waals surface area contributed by atoms with Crippen LogP contribution in [-0.4, -0.2) is 37.2 Å². The molecule has 1 amide bonds. The van der Waals surface area contributed by atoms with Gasteiger partial charge in [-0.25, -0.2) is 4.79 Å². The molecule has 0 heterocycles. The molecule has 0 rings (SSSR count). The zero-order valence-electron chi connectivity index (χ0n) is 8.86.